The molecule has 6 nitrogen and oxygen atoms in total. The Balaban J connectivity index is 2.12. The van der Waals surface area contributed by atoms with Crippen molar-refractivity contribution in [3.8, 4) is 11.5 Å². The van der Waals surface area contributed by atoms with Crippen molar-refractivity contribution in [1.82, 2.24) is 10.2 Å². The number of benzene rings is 2. The average molecular weight is 433 g/mol. The van der Waals surface area contributed by atoms with Crippen molar-refractivity contribution in [3.63, 3.8) is 0 Å². The largest absolute Gasteiger partial charge is 0.497 e. The SMILES string of the molecule is CCCCNC(=O)[C@@H](C)N(Cc1cccc(OC)c1)C(=O)COc1ccc(Cl)cc1. The van der Waals surface area contributed by atoms with Crippen LogP contribution in [0.4, 0.5) is 0 Å². The number of methoxy groups -OCH3 is 1. The van der Waals surface area contributed by atoms with Crippen molar-refractivity contribution in [2.45, 2.75) is 39.3 Å². The summed E-state index contributed by atoms with van der Waals surface area (Å²) in [7, 11) is 1.59. The van der Waals surface area contributed by atoms with Gasteiger partial charge >= 0.3 is 0 Å². The minimum absolute atomic E-state index is 0.182. The molecule has 0 radical (unpaired) electrons. The van der Waals surface area contributed by atoms with Crippen LogP contribution in [0.3, 0.4) is 0 Å². The molecule has 162 valence electrons. The van der Waals surface area contributed by atoms with E-state index in [1.165, 1.54) is 4.90 Å². The fourth-order valence-corrected chi connectivity index (χ4v) is 2.97. The van der Waals surface area contributed by atoms with Crippen molar-refractivity contribution >= 4 is 23.4 Å². The van der Waals surface area contributed by atoms with E-state index < -0.39 is 6.04 Å². The van der Waals surface area contributed by atoms with E-state index in [0.717, 1.165) is 18.4 Å². The molecule has 0 saturated heterocycles. The van der Waals surface area contributed by atoms with E-state index >= 15 is 0 Å². The number of halogens is 1. The van der Waals surface area contributed by atoms with Crippen molar-refractivity contribution in [2.24, 2.45) is 0 Å². The molecule has 0 aliphatic carbocycles. The Morgan fingerprint density at radius 3 is 2.53 bits per heavy atom. The molecule has 2 aromatic rings. The molecule has 30 heavy (non-hydrogen) atoms. The molecule has 0 saturated carbocycles. The topological polar surface area (TPSA) is 67.9 Å². The molecular weight excluding hydrogens is 404 g/mol. The first-order chi connectivity index (χ1) is 14.4. The third-order valence-electron chi connectivity index (χ3n) is 4.66. The predicted molar refractivity (Wildman–Crippen MR) is 118 cm³/mol. The summed E-state index contributed by atoms with van der Waals surface area (Å²) in [6, 6.07) is 13.6. The molecule has 0 aliphatic heterocycles. The minimum Gasteiger partial charge on any atom is -0.497 e. The van der Waals surface area contributed by atoms with Gasteiger partial charge in [-0.3, -0.25) is 9.59 Å². The number of ether oxygens (including phenoxy) is 2. The molecule has 0 spiro atoms. The van der Waals surface area contributed by atoms with Gasteiger partial charge in [-0.25, -0.2) is 0 Å². The quantitative estimate of drug-likeness (QED) is 0.544. The number of rotatable bonds is 11. The van der Waals surface area contributed by atoms with Crippen LogP contribution in [-0.2, 0) is 16.1 Å². The molecule has 0 heterocycles. The first kappa shape index (κ1) is 23.5. The molecule has 0 aliphatic rings. The van der Waals surface area contributed by atoms with Gasteiger partial charge in [-0.05, 0) is 55.3 Å². The fraction of sp³-hybridized carbons (Fsp3) is 0.391. The second-order valence-electron chi connectivity index (χ2n) is 6.94. The zero-order valence-electron chi connectivity index (χ0n) is 17.7. The number of amides is 2. The van der Waals surface area contributed by atoms with Gasteiger partial charge in [0.05, 0.1) is 7.11 Å². The van der Waals surface area contributed by atoms with E-state index in [4.69, 9.17) is 21.1 Å². The van der Waals surface area contributed by atoms with Crippen LogP contribution in [0.15, 0.2) is 48.5 Å². The summed E-state index contributed by atoms with van der Waals surface area (Å²) in [6.45, 7) is 4.45. The van der Waals surface area contributed by atoms with Gasteiger partial charge in [0, 0.05) is 18.1 Å². The number of nitrogens with one attached hydrogen (secondary N) is 1. The summed E-state index contributed by atoms with van der Waals surface area (Å²) < 4.78 is 10.9. The van der Waals surface area contributed by atoms with Crippen LogP contribution in [0.25, 0.3) is 0 Å². The Labute approximate surface area is 183 Å². The molecule has 0 aromatic heterocycles. The highest BCUT2D eigenvalue weighted by Crippen LogP contribution is 2.18. The number of carbonyl (C=O) groups excluding carboxylic acids is 2. The second kappa shape index (κ2) is 12.1. The molecule has 0 fully saturated rings. The molecule has 1 atom stereocenters. The highest BCUT2D eigenvalue weighted by atomic mass is 35.5. The summed E-state index contributed by atoms with van der Waals surface area (Å²) in [5, 5.41) is 3.48. The summed E-state index contributed by atoms with van der Waals surface area (Å²) >= 11 is 5.88. The zero-order chi connectivity index (χ0) is 21.9. The Kier molecular flexibility index (Phi) is 9.48. The lowest BCUT2D eigenvalue weighted by molar-refractivity contribution is -0.142. The van der Waals surface area contributed by atoms with Gasteiger partial charge in [-0.2, -0.15) is 0 Å². The summed E-state index contributed by atoms with van der Waals surface area (Å²) in [5.41, 5.74) is 0.863. The van der Waals surface area contributed by atoms with Gasteiger partial charge in [-0.1, -0.05) is 37.1 Å². The van der Waals surface area contributed by atoms with Gasteiger partial charge in [0.1, 0.15) is 17.5 Å². The first-order valence-electron chi connectivity index (χ1n) is 10.0. The third-order valence-corrected chi connectivity index (χ3v) is 4.91. The van der Waals surface area contributed by atoms with E-state index in [1.807, 2.05) is 24.3 Å². The molecule has 2 rings (SSSR count). The number of nitrogens with zero attached hydrogens (tertiary/aromatic N) is 1. The molecule has 2 amide bonds. The molecule has 0 bridgehead atoms. The average Bonchev–Trinajstić information content (AvgIpc) is 2.76. The molecule has 1 N–H and O–H groups in total. The number of unbranched alkanes of at least 4 members (excludes halogenated alkanes) is 1. The third kappa shape index (κ3) is 7.26. The van der Waals surface area contributed by atoms with Gasteiger partial charge in [0.25, 0.3) is 5.91 Å². The van der Waals surface area contributed by atoms with E-state index in [2.05, 4.69) is 12.2 Å². The second-order valence-corrected chi connectivity index (χ2v) is 7.37. The van der Waals surface area contributed by atoms with Crippen LogP contribution in [-0.4, -0.2) is 43.0 Å². The van der Waals surface area contributed by atoms with Crippen molar-refractivity contribution in [1.29, 1.82) is 0 Å². The maximum atomic E-state index is 13.0. The maximum absolute atomic E-state index is 13.0. The Hall–Kier alpha value is -2.73. The van der Waals surface area contributed by atoms with Gasteiger partial charge < -0.3 is 19.7 Å². The smallest absolute Gasteiger partial charge is 0.261 e. The lowest BCUT2D eigenvalue weighted by atomic mass is 10.1. The summed E-state index contributed by atoms with van der Waals surface area (Å²) in [5.74, 6) is 0.753. The molecule has 2 aromatic carbocycles. The number of carbonyl (C=O) groups is 2. The summed E-state index contributed by atoms with van der Waals surface area (Å²) in [6.07, 6.45) is 1.87. The molecule has 7 heteroatoms. The normalized spacial score (nSPS) is 11.5. The van der Waals surface area contributed by atoms with Crippen LogP contribution in [0.1, 0.15) is 32.3 Å². The lowest BCUT2D eigenvalue weighted by Crippen LogP contribution is -2.49. The van der Waals surface area contributed by atoms with Crippen LogP contribution in [0.2, 0.25) is 5.02 Å². The molecule has 0 unspecified atom stereocenters. The van der Waals surface area contributed by atoms with Crippen LogP contribution in [0.5, 0.6) is 11.5 Å². The lowest BCUT2D eigenvalue weighted by Gasteiger charge is -2.29. The highest BCUT2D eigenvalue weighted by Gasteiger charge is 2.26. The van der Waals surface area contributed by atoms with Gasteiger partial charge in [-0.15, -0.1) is 0 Å². The van der Waals surface area contributed by atoms with E-state index in [-0.39, 0.29) is 25.0 Å². The van der Waals surface area contributed by atoms with E-state index in [1.54, 1.807) is 38.3 Å². The van der Waals surface area contributed by atoms with E-state index in [9.17, 15) is 9.59 Å². The van der Waals surface area contributed by atoms with Crippen LogP contribution < -0.4 is 14.8 Å². The van der Waals surface area contributed by atoms with Gasteiger partial charge in [0.15, 0.2) is 6.61 Å². The van der Waals surface area contributed by atoms with Crippen molar-refractivity contribution < 1.29 is 19.1 Å². The Morgan fingerprint density at radius 2 is 1.87 bits per heavy atom. The highest BCUT2D eigenvalue weighted by molar-refractivity contribution is 6.30. The monoisotopic (exact) mass is 432 g/mol. The predicted octanol–water partition coefficient (Wildman–Crippen LogP) is 4.06. The van der Waals surface area contributed by atoms with E-state index in [0.29, 0.717) is 23.1 Å². The maximum Gasteiger partial charge on any atom is 0.261 e. The van der Waals surface area contributed by atoms with Crippen molar-refractivity contribution in [2.75, 3.05) is 20.3 Å². The fourth-order valence-electron chi connectivity index (χ4n) is 2.85. The Bertz CT molecular complexity index is 826. The standard InChI is InChI=1S/C23H29ClN2O4/c1-4-5-13-25-23(28)17(2)26(15-18-7-6-8-21(14-18)29-3)22(27)16-30-20-11-9-19(24)10-12-20/h6-12,14,17H,4-5,13,15-16H2,1-3H3,(H,25,28)/t17-/m1/s1. The van der Waals surface area contributed by atoms with Crippen molar-refractivity contribution in [3.05, 3.63) is 59.1 Å². The summed E-state index contributed by atoms with van der Waals surface area (Å²) in [4.78, 5) is 27.1. The zero-order valence-corrected chi connectivity index (χ0v) is 18.4. The van der Waals surface area contributed by atoms with Crippen LogP contribution >= 0.6 is 11.6 Å². The Morgan fingerprint density at radius 1 is 1.13 bits per heavy atom. The number of hydrogen-bond acceptors (Lipinski definition) is 4. The number of hydrogen-bond donors (Lipinski definition) is 1. The van der Waals surface area contributed by atoms with Crippen LogP contribution in [0, 0.1) is 0 Å². The molecular formula is C23H29ClN2O4. The first-order valence-corrected chi connectivity index (χ1v) is 10.4. The minimum atomic E-state index is -0.644. The van der Waals surface area contributed by atoms with Gasteiger partial charge in [0.2, 0.25) is 5.91 Å².